The first-order valence-electron chi connectivity index (χ1n) is 4.53. The van der Waals surface area contributed by atoms with Crippen molar-refractivity contribution in [2.24, 2.45) is 0 Å². The second kappa shape index (κ2) is 5.27. The van der Waals surface area contributed by atoms with E-state index in [-0.39, 0.29) is 12.2 Å². The molecule has 5 heteroatoms. The average Bonchev–Trinajstić information content (AvgIpc) is 2.29. The van der Waals surface area contributed by atoms with Gasteiger partial charge >= 0.3 is 5.97 Å². The Morgan fingerprint density at radius 2 is 2.00 bits per heavy atom. The summed E-state index contributed by atoms with van der Waals surface area (Å²) in [7, 11) is 2.92. The molecule has 1 aromatic carbocycles. The predicted octanol–water partition coefficient (Wildman–Crippen LogP) is 1.11. The zero-order valence-corrected chi connectivity index (χ0v) is 9.02. The van der Waals surface area contributed by atoms with Crippen LogP contribution in [0, 0.1) is 0 Å². The normalized spacial score (nSPS) is 9.88. The SMILES string of the molecule is COCc1ccc(OC)cc1C(=O)C(=O)O. The number of carbonyl (C=O) groups excluding carboxylic acids is 1. The maximum absolute atomic E-state index is 11.4. The highest BCUT2D eigenvalue weighted by atomic mass is 16.5. The van der Waals surface area contributed by atoms with E-state index in [9.17, 15) is 9.59 Å². The number of carbonyl (C=O) groups is 2. The van der Waals surface area contributed by atoms with Crippen molar-refractivity contribution in [1.82, 2.24) is 0 Å². The fourth-order valence-corrected chi connectivity index (χ4v) is 1.29. The van der Waals surface area contributed by atoms with E-state index in [1.54, 1.807) is 12.1 Å². The maximum atomic E-state index is 11.4. The van der Waals surface area contributed by atoms with Gasteiger partial charge in [-0.25, -0.2) is 4.79 Å². The molecular weight excluding hydrogens is 212 g/mol. The van der Waals surface area contributed by atoms with Gasteiger partial charge in [0.15, 0.2) is 0 Å². The van der Waals surface area contributed by atoms with E-state index in [1.165, 1.54) is 20.3 Å². The van der Waals surface area contributed by atoms with Crippen molar-refractivity contribution in [2.75, 3.05) is 14.2 Å². The van der Waals surface area contributed by atoms with Crippen LogP contribution in [0.5, 0.6) is 5.75 Å². The van der Waals surface area contributed by atoms with Crippen LogP contribution in [0.15, 0.2) is 18.2 Å². The minimum absolute atomic E-state index is 0.0914. The van der Waals surface area contributed by atoms with Crippen LogP contribution in [0.2, 0.25) is 0 Å². The van der Waals surface area contributed by atoms with Crippen molar-refractivity contribution in [3.05, 3.63) is 29.3 Å². The van der Waals surface area contributed by atoms with Crippen molar-refractivity contribution in [1.29, 1.82) is 0 Å². The number of rotatable bonds is 5. The van der Waals surface area contributed by atoms with Gasteiger partial charge in [0.25, 0.3) is 5.78 Å². The van der Waals surface area contributed by atoms with Gasteiger partial charge in [-0.15, -0.1) is 0 Å². The van der Waals surface area contributed by atoms with Crippen molar-refractivity contribution < 1.29 is 24.2 Å². The first kappa shape index (κ1) is 12.2. The standard InChI is InChI=1S/C11H12O5/c1-15-6-7-3-4-8(16-2)5-9(7)10(12)11(13)14/h3-5H,6H2,1-2H3,(H,13,14). The highest BCUT2D eigenvalue weighted by Gasteiger charge is 2.19. The Balaban J connectivity index is 3.19. The molecule has 0 bridgehead atoms. The molecule has 0 unspecified atom stereocenters. The van der Waals surface area contributed by atoms with E-state index in [1.807, 2.05) is 0 Å². The second-order valence-electron chi connectivity index (χ2n) is 3.09. The zero-order valence-electron chi connectivity index (χ0n) is 9.02. The number of ether oxygens (including phenoxy) is 2. The summed E-state index contributed by atoms with van der Waals surface area (Å²) in [5.74, 6) is -2.03. The molecule has 0 aliphatic carbocycles. The first-order valence-corrected chi connectivity index (χ1v) is 4.53. The first-order chi connectivity index (χ1) is 7.60. The molecule has 0 fully saturated rings. The lowest BCUT2D eigenvalue weighted by Gasteiger charge is -2.08. The summed E-state index contributed by atoms with van der Waals surface area (Å²) >= 11 is 0. The molecule has 0 aliphatic heterocycles. The molecule has 0 saturated heterocycles. The van der Waals surface area contributed by atoms with Crippen molar-refractivity contribution in [3.63, 3.8) is 0 Å². The number of benzene rings is 1. The van der Waals surface area contributed by atoms with E-state index in [4.69, 9.17) is 14.6 Å². The Morgan fingerprint density at radius 3 is 2.50 bits per heavy atom. The third-order valence-corrected chi connectivity index (χ3v) is 2.06. The molecule has 5 nitrogen and oxygen atoms in total. The Hall–Kier alpha value is -1.88. The van der Waals surface area contributed by atoms with Gasteiger partial charge in [-0.3, -0.25) is 4.79 Å². The zero-order chi connectivity index (χ0) is 12.1. The molecule has 1 rings (SSSR count). The van der Waals surface area contributed by atoms with E-state index in [0.717, 1.165) is 0 Å². The van der Waals surface area contributed by atoms with Gasteiger partial charge < -0.3 is 14.6 Å². The lowest BCUT2D eigenvalue weighted by molar-refractivity contribution is -0.131. The molecule has 1 N–H and O–H groups in total. The van der Waals surface area contributed by atoms with Gasteiger partial charge in [-0.05, 0) is 17.7 Å². The highest BCUT2D eigenvalue weighted by molar-refractivity contribution is 6.40. The third-order valence-electron chi connectivity index (χ3n) is 2.06. The van der Waals surface area contributed by atoms with Gasteiger partial charge in [0, 0.05) is 12.7 Å². The Kier molecular flexibility index (Phi) is 4.02. The van der Waals surface area contributed by atoms with E-state index >= 15 is 0 Å². The molecule has 86 valence electrons. The van der Waals surface area contributed by atoms with Crippen molar-refractivity contribution >= 4 is 11.8 Å². The Morgan fingerprint density at radius 1 is 1.31 bits per heavy atom. The Labute approximate surface area is 92.6 Å². The third kappa shape index (κ3) is 2.58. The van der Waals surface area contributed by atoms with Gasteiger partial charge in [-0.2, -0.15) is 0 Å². The summed E-state index contributed by atoms with van der Waals surface area (Å²) in [5.41, 5.74) is 0.615. The molecule has 0 radical (unpaired) electrons. The molecule has 0 aliphatic rings. The molecule has 16 heavy (non-hydrogen) atoms. The monoisotopic (exact) mass is 224 g/mol. The van der Waals surface area contributed by atoms with E-state index in [2.05, 4.69) is 0 Å². The summed E-state index contributed by atoms with van der Waals surface area (Å²) in [6.07, 6.45) is 0. The van der Waals surface area contributed by atoms with Crippen LogP contribution in [0.4, 0.5) is 0 Å². The largest absolute Gasteiger partial charge is 0.497 e. The van der Waals surface area contributed by atoms with E-state index < -0.39 is 11.8 Å². The van der Waals surface area contributed by atoms with Crippen LogP contribution >= 0.6 is 0 Å². The summed E-state index contributed by atoms with van der Waals surface area (Å²) < 4.78 is 9.82. The highest BCUT2D eigenvalue weighted by Crippen LogP contribution is 2.19. The van der Waals surface area contributed by atoms with Gasteiger partial charge in [0.1, 0.15) is 5.75 Å². The number of Topliss-reactive ketones (excluding diaryl/α,β-unsaturated/α-hetero) is 1. The molecule has 0 aromatic heterocycles. The molecule has 1 aromatic rings. The number of carboxylic acids is 1. The lowest BCUT2D eigenvalue weighted by Crippen LogP contribution is -2.15. The number of hydrogen-bond acceptors (Lipinski definition) is 4. The summed E-state index contributed by atoms with van der Waals surface area (Å²) in [5, 5.41) is 8.66. The molecular formula is C11H12O5. The van der Waals surface area contributed by atoms with Crippen molar-refractivity contribution in [3.8, 4) is 5.75 Å². The summed E-state index contributed by atoms with van der Waals surface area (Å²) in [6.45, 7) is 0.179. The quantitative estimate of drug-likeness (QED) is 0.599. The molecule has 0 atom stereocenters. The van der Waals surface area contributed by atoms with Crippen LogP contribution in [-0.4, -0.2) is 31.1 Å². The maximum Gasteiger partial charge on any atom is 0.377 e. The van der Waals surface area contributed by atoms with Crippen LogP contribution in [0.1, 0.15) is 15.9 Å². The second-order valence-corrected chi connectivity index (χ2v) is 3.09. The average molecular weight is 224 g/mol. The van der Waals surface area contributed by atoms with Crippen LogP contribution in [0.25, 0.3) is 0 Å². The predicted molar refractivity (Wildman–Crippen MR) is 55.7 cm³/mol. The van der Waals surface area contributed by atoms with Crippen LogP contribution in [0.3, 0.4) is 0 Å². The smallest absolute Gasteiger partial charge is 0.377 e. The van der Waals surface area contributed by atoms with Gasteiger partial charge in [-0.1, -0.05) is 6.07 Å². The number of aliphatic carboxylic acids is 1. The fourth-order valence-electron chi connectivity index (χ4n) is 1.29. The fraction of sp³-hybridized carbons (Fsp3) is 0.273. The molecule has 0 saturated carbocycles. The number of carboxylic acid groups (broad SMARTS) is 1. The van der Waals surface area contributed by atoms with Gasteiger partial charge in [0.2, 0.25) is 0 Å². The van der Waals surface area contributed by atoms with Crippen LogP contribution < -0.4 is 4.74 Å². The number of hydrogen-bond donors (Lipinski definition) is 1. The lowest BCUT2D eigenvalue weighted by atomic mass is 10.0. The Bertz CT molecular complexity index is 411. The van der Waals surface area contributed by atoms with Crippen molar-refractivity contribution in [2.45, 2.75) is 6.61 Å². The minimum Gasteiger partial charge on any atom is -0.497 e. The van der Waals surface area contributed by atoms with Crippen LogP contribution in [-0.2, 0) is 16.1 Å². The number of ketones is 1. The molecule has 0 spiro atoms. The summed E-state index contributed by atoms with van der Waals surface area (Å²) in [4.78, 5) is 22.0. The van der Waals surface area contributed by atoms with Gasteiger partial charge in [0.05, 0.1) is 13.7 Å². The summed E-state index contributed by atoms with van der Waals surface area (Å²) in [6, 6.07) is 4.65. The van der Waals surface area contributed by atoms with E-state index in [0.29, 0.717) is 11.3 Å². The topological polar surface area (TPSA) is 72.8 Å². The molecule has 0 amide bonds. The minimum atomic E-state index is -1.49. The molecule has 0 heterocycles. The number of methoxy groups -OCH3 is 2.